The lowest BCUT2D eigenvalue weighted by atomic mass is 10.2. The van der Waals surface area contributed by atoms with Gasteiger partial charge in [0.1, 0.15) is 0 Å². The number of benzene rings is 2. The predicted octanol–water partition coefficient (Wildman–Crippen LogP) is 3.48. The molecule has 2 aromatic carbocycles. The number of ether oxygens (including phenoxy) is 4. The molecule has 0 saturated carbocycles. The molecule has 0 radical (unpaired) electrons. The van der Waals surface area contributed by atoms with Gasteiger partial charge in [0.25, 0.3) is 5.91 Å². The topological polar surface area (TPSA) is 83.1 Å². The van der Waals surface area contributed by atoms with Gasteiger partial charge < -0.3 is 24.3 Å². The Morgan fingerprint density at radius 1 is 1.14 bits per heavy atom. The van der Waals surface area contributed by atoms with Crippen molar-refractivity contribution in [3.05, 3.63) is 48.0 Å². The van der Waals surface area contributed by atoms with E-state index in [1.54, 1.807) is 42.1 Å². The average molecular weight is 415 g/mol. The molecular formula is C21H21NO6S. The third kappa shape index (κ3) is 5.02. The van der Waals surface area contributed by atoms with Crippen LogP contribution in [0.2, 0.25) is 0 Å². The lowest BCUT2D eigenvalue weighted by Crippen LogP contribution is -2.21. The fourth-order valence-electron chi connectivity index (χ4n) is 3.10. The second kappa shape index (κ2) is 9.19. The number of nitrogens with one attached hydrogen (secondary N) is 1. The smallest absolute Gasteiger partial charge is 0.339 e. The number of anilines is 1. The predicted molar refractivity (Wildman–Crippen MR) is 108 cm³/mol. The highest BCUT2D eigenvalue weighted by atomic mass is 32.2. The summed E-state index contributed by atoms with van der Waals surface area (Å²) in [4.78, 5) is 25.5. The quantitative estimate of drug-likeness (QED) is 0.547. The number of carbonyl (C=O) groups excluding carboxylic acids is 2. The Labute approximate surface area is 172 Å². The van der Waals surface area contributed by atoms with E-state index in [9.17, 15) is 9.59 Å². The van der Waals surface area contributed by atoms with E-state index < -0.39 is 11.9 Å². The standard InChI is InChI=1S/C21H21NO6S/c23-20(22-14-7-8-17-18(10-14)28-13-27-17)11-26-21(24)16-5-1-2-6-19(16)29-12-15-4-3-9-25-15/h1-2,5-8,10,15H,3-4,9,11-13H2,(H,22,23)/t15-/m1/s1. The summed E-state index contributed by atoms with van der Waals surface area (Å²) in [5, 5.41) is 2.68. The second-order valence-electron chi connectivity index (χ2n) is 6.63. The van der Waals surface area contributed by atoms with Crippen LogP contribution in [0.4, 0.5) is 5.69 Å². The van der Waals surface area contributed by atoms with Crippen LogP contribution in [0.1, 0.15) is 23.2 Å². The van der Waals surface area contributed by atoms with E-state index in [0.29, 0.717) is 22.7 Å². The maximum atomic E-state index is 12.5. The molecule has 1 N–H and O–H groups in total. The van der Waals surface area contributed by atoms with Gasteiger partial charge in [-0.15, -0.1) is 11.8 Å². The molecule has 7 nitrogen and oxygen atoms in total. The largest absolute Gasteiger partial charge is 0.454 e. The fraction of sp³-hybridized carbons (Fsp3) is 0.333. The van der Waals surface area contributed by atoms with Crippen LogP contribution in [0.15, 0.2) is 47.4 Å². The minimum Gasteiger partial charge on any atom is -0.454 e. The molecule has 1 saturated heterocycles. The maximum Gasteiger partial charge on any atom is 0.339 e. The summed E-state index contributed by atoms with van der Waals surface area (Å²) in [6.45, 7) is 0.583. The van der Waals surface area contributed by atoms with Gasteiger partial charge in [0.15, 0.2) is 18.1 Å². The molecule has 1 atom stereocenters. The number of carbonyl (C=O) groups is 2. The molecule has 29 heavy (non-hydrogen) atoms. The summed E-state index contributed by atoms with van der Waals surface area (Å²) in [6, 6.07) is 12.3. The number of hydrogen-bond acceptors (Lipinski definition) is 7. The van der Waals surface area contributed by atoms with Gasteiger partial charge in [-0.05, 0) is 37.1 Å². The summed E-state index contributed by atoms with van der Waals surface area (Å²) >= 11 is 1.57. The first-order valence-corrected chi connectivity index (χ1v) is 10.4. The Hall–Kier alpha value is -2.71. The van der Waals surface area contributed by atoms with Crippen molar-refractivity contribution in [3.8, 4) is 11.5 Å². The fourth-order valence-corrected chi connectivity index (χ4v) is 4.21. The number of amides is 1. The Balaban J connectivity index is 1.30. The molecule has 0 unspecified atom stereocenters. The third-order valence-electron chi connectivity index (χ3n) is 4.55. The highest BCUT2D eigenvalue weighted by molar-refractivity contribution is 7.99. The van der Waals surface area contributed by atoms with Crippen molar-refractivity contribution in [2.75, 3.05) is 31.1 Å². The Bertz CT molecular complexity index is 896. The number of fused-ring (bicyclic) bond motifs is 1. The van der Waals surface area contributed by atoms with Crippen molar-refractivity contribution in [1.29, 1.82) is 0 Å². The lowest BCUT2D eigenvalue weighted by molar-refractivity contribution is -0.119. The molecule has 2 aliphatic heterocycles. The zero-order chi connectivity index (χ0) is 20.1. The molecule has 152 valence electrons. The highest BCUT2D eigenvalue weighted by Gasteiger charge is 2.19. The third-order valence-corrected chi connectivity index (χ3v) is 5.75. The molecule has 2 heterocycles. The molecule has 2 aliphatic rings. The van der Waals surface area contributed by atoms with Gasteiger partial charge in [0, 0.05) is 29.0 Å². The summed E-state index contributed by atoms with van der Waals surface area (Å²) in [5.41, 5.74) is 0.995. The van der Waals surface area contributed by atoms with Crippen molar-refractivity contribution in [2.24, 2.45) is 0 Å². The van der Waals surface area contributed by atoms with Gasteiger partial charge in [-0.2, -0.15) is 0 Å². The van der Waals surface area contributed by atoms with Crippen LogP contribution in [0, 0.1) is 0 Å². The van der Waals surface area contributed by atoms with Crippen molar-refractivity contribution in [2.45, 2.75) is 23.8 Å². The van der Waals surface area contributed by atoms with Crippen LogP contribution in [0.25, 0.3) is 0 Å². The number of esters is 1. The first-order valence-electron chi connectivity index (χ1n) is 9.39. The summed E-state index contributed by atoms with van der Waals surface area (Å²) in [6.07, 6.45) is 2.34. The SMILES string of the molecule is O=C(COC(=O)c1ccccc1SC[C@H]1CCCO1)Nc1ccc2c(c1)OCO2. The number of thioether (sulfide) groups is 1. The van der Waals surface area contributed by atoms with Gasteiger partial charge in [0.05, 0.1) is 11.7 Å². The van der Waals surface area contributed by atoms with E-state index >= 15 is 0 Å². The zero-order valence-electron chi connectivity index (χ0n) is 15.7. The molecule has 0 spiro atoms. The zero-order valence-corrected chi connectivity index (χ0v) is 16.5. The van der Waals surface area contributed by atoms with Gasteiger partial charge in [-0.25, -0.2) is 4.79 Å². The van der Waals surface area contributed by atoms with Crippen LogP contribution in [0.3, 0.4) is 0 Å². The summed E-state index contributed by atoms with van der Waals surface area (Å²) in [5.74, 6) is 1.03. The molecule has 1 fully saturated rings. The highest BCUT2D eigenvalue weighted by Crippen LogP contribution is 2.34. The molecule has 0 aromatic heterocycles. The Morgan fingerprint density at radius 2 is 2.00 bits per heavy atom. The van der Waals surface area contributed by atoms with Gasteiger partial charge in [-0.3, -0.25) is 4.79 Å². The first kappa shape index (κ1) is 19.6. The molecule has 8 heteroatoms. The number of rotatable bonds is 7. The van der Waals surface area contributed by atoms with Gasteiger partial charge >= 0.3 is 5.97 Å². The maximum absolute atomic E-state index is 12.5. The van der Waals surface area contributed by atoms with E-state index in [4.69, 9.17) is 18.9 Å². The van der Waals surface area contributed by atoms with Crippen molar-refractivity contribution in [1.82, 2.24) is 0 Å². The lowest BCUT2D eigenvalue weighted by Gasteiger charge is -2.12. The molecule has 0 aliphatic carbocycles. The van der Waals surface area contributed by atoms with E-state index in [0.717, 1.165) is 30.1 Å². The monoisotopic (exact) mass is 415 g/mol. The Kier molecular flexibility index (Phi) is 6.21. The number of hydrogen-bond donors (Lipinski definition) is 1. The molecule has 2 aromatic rings. The average Bonchev–Trinajstić information content (AvgIpc) is 3.42. The Morgan fingerprint density at radius 3 is 2.86 bits per heavy atom. The van der Waals surface area contributed by atoms with Crippen LogP contribution >= 0.6 is 11.8 Å². The van der Waals surface area contributed by atoms with E-state index in [1.807, 2.05) is 12.1 Å². The van der Waals surface area contributed by atoms with Crippen LogP contribution < -0.4 is 14.8 Å². The van der Waals surface area contributed by atoms with Gasteiger partial charge in [-0.1, -0.05) is 12.1 Å². The van der Waals surface area contributed by atoms with E-state index in [2.05, 4.69) is 5.32 Å². The second-order valence-corrected chi connectivity index (χ2v) is 7.70. The minimum absolute atomic E-state index is 0.161. The molecule has 1 amide bonds. The molecule has 4 rings (SSSR count). The normalized spacial score (nSPS) is 17.2. The minimum atomic E-state index is -0.527. The van der Waals surface area contributed by atoms with Crippen LogP contribution in [0.5, 0.6) is 11.5 Å². The van der Waals surface area contributed by atoms with Crippen molar-refractivity contribution >= 4 is 29.3 Å². The van der Waals surface area contributed by atoms with Crippen LogP contribution in [-0.2, 0) is 14.3 Å². The van der Waals surface area contributed by atoms with Crippen molar-refractivity contribution in [3.63, 3.8) is 0 Å². The van der Waals surface area contributed by atoms with Gasteiger partial charge in [0.2, 0.25) is 6.79 Å². The summed E-state index contributed by atoms with van der Waals surface area (Å²) in [7, 11) is 0. The van der Waals surface area contributed by atoms with Crippen molar-refractivity contribution < 1.29 is 28.5 Å². The molecular weight excluding hydrogens is 394 g/mol. The van der Waals surface area contributed by atoms with E-state index in [-0.39, 0.29) is 19.5 Å². The first-order chi connectivity index (χ1) is 14.2. The van der Waals surface area contributed by atoms with E-state index in [1.165, 1.54) is 0 Å². The molecule has 0 bridgehead atoms. The van der Waals surface area contributed by atoms with Crippen LogP contribution in [-0.4, -0.2) is 43.7 Å². The summed E-state index contributed by atoms with van der Waals surface area (Å²) < 4.78 is 21.4.